The van der Waals surface area contributed by atoms with E-state index < -0.39 is 0 Å². The van der Waals surface area contributed by atoms with E-state index in [9.17, 15) is 0 Å². The zero-order chi connectivity index (χ0) is 10.7. The molecule has 0 radical (unpaired) electrons. The van der Waals surface area contributed by atoms with Gasteiger partial charge in [-0.1, -0.05) is 13.3 Å². The van der Waals surface area contributed by atoms with Crippen LogP contribution in [0, 0.1) is 5.92 Å². The Labute approximate surface area is 94.4 Å². The van der Waals surface area contributed by atoms with E-state index in [1.54, 1.807) is 0 Å². The molecule has 2 rings (SSSR count). The average molecular weight is 210 g/mol. The SMILES string of the molecule is CCC1CCCN1CC1CCCC1NC. The fraction of sp³-hybridized carbons (Fsp3) is 1.00. The van der Waals surface area contributed by atoms with E-state index in [4.69, 9.17) is 0 Å². The monoisotopic (exact) mass is 210 g/mol. The molecule has 1 aliphatic carbocycles. The van der Waals surface area contributed by atoms with Crippen LogP contribution in [0.3, 0.4) is 0 Å². The molecule has 0 amide bonds. The number of hydrogen-bond acceptors (Lipinski definition) is 2. The van der Waals surface area contributed by atoms with Crippen LogP contribution in [0.25, 0.3) is 0 Å². The molecule has 0 aromatic carbocycles. The van der Waals surface area contributed by atoms with Gasteiger partial charge in [0.2, 0.25) is 0 Å². The predicted molar refractivity (Wildman–Crippen MR) is 65.1 cm³/mol. The van der Waals surface area contributed by atoms with Crippen molar-refractivity contribution in [2.45, 2.75) is 57.5 Å². The predicted octanol–water partition coefficient (Wildman–Crippen LogP) is 2.25. The molecule has 88 valence electrons. The fourth-order valence-corrected chi connectivity index (χ4v) is 3.53. The summed E-state index contributed by atoms with van der Waals surface area (Å²) in [6.45, 7) is 5.04. The molecule has 0 aromatic heterocycles. The Hall–Kier alpha value is -0.0800. The molecule has 2 aliphatic rings. The van der Waals surface area contributed by atoms with Crippen LogP contribution >= 0.6 is 0 Å². The van der Waals surface area contributed by atoms with E-state index >= 15 is 0 Å². The van der Waals surface area contributed by atoms with Gasteiger partial charge in [-0.15, -0.1) is 0 Å². The number of hydrogen-bond donors (Lipinski definition) is 1. The molecular weight excluding hydrogens is 184 g/mol. The van der Waals surface area contributed by atoms with Crippen LogP contribution in [0.1, 0.15) is 45.4 Å². The molecule has 2 nitrogen and oxygen atoms in total. The van der Waals surface area contributed by atoms with E-state index in [-0.39, 0.29) is 0 Å². The van der Waals surface area contributed by atoms with Crippen molar-refractivity contribution in [2.75, 3.05) is 20.1 Å². The lowest BCUT2D eigenvalue weighted by Crippen LogP contribution is -2.39. The van der Waals surface area contributed by atoms with E-state index in [1.165, 1.54) is 51.6 Å². The molecule has 1 heterocycles. The van der Waals surface area contributed by atoms with Gasteiger partial charge in [-0.05, 0) is 51.6 Å². The first-order valence-electron chi connectivity index (χ1n) is 6.76. The molecule has 1 saturated carbocycles. The molecule has 1 aliphatic heterocycles. The lowest BCUT2D eigenvalue weighted by atomic mass is 10.0. The van der Waals surface area contributed by atoms with Crippen molar-refractivity contribution < 1.29 is 0 Å². The van der Waals surface area contributed by atoms with E-state index in [2.05, 4.69) is 24.2 Å². The van der Waals surface area contributed by atoms with Crippen molar-refractivity contribution in [1.82, 2.24) is 10.2 Å². The van der Waals surface area contributed by atoms with Gasteiger partial charge in [-0.3, -0.25) is 0 Å². The van der Waals surface area contributed by atoms with Crippen LogP contribution in [0.4, 0.5) is 0 Å². The molecule has 3 unspecified atom stereocenters. The minimum Gasteiger partial charge on any atom is -0.317 e. The maximum Gasteiger partial charge on any atom is 0.0104 e. The van der Waals surface area contributed by atoms with E-state index in [0.29, 0.717) is 0 Å². The Balaban J connectivity index is 1.84. The standard InChI is InChI=1S/C13H26N2/c1-3-12-7-5-9-15(12)10-11-6-4-8-13(11)14-2/h11-14H,3-10H2,1-2H3. The second-order valence-corrected chi connectivity index (χ2v) is 5.29. The van der Waals surface area contributed by atoms with E-state index in [1.807, 2.05) is 0 Å². The third kappa shape index (κ3) is 2.54. The first-order valence-corrected chi connectivity index (χ1v) is 6.76. The van der Waals surface area contributed by atoms with Crippen molar-refractivity contribution >= 4 is 0 Å². The topological polar surface area (TPSA) is 15.3 Å². The summed E-state index contributed by atoms with van der Waals surface area (Å²) < 4.78 is 0. The minimum absolute atomic E-state index is 0.795. The smallest absolute Gasteiger partial charge is 0.0104 e. The molecule has 2 fully saturated rings. The molecule has 0 bridgehead atoms. The van der Waals surface area contributed by atoms with Crippen LogP contribution in [0.2, 0.25) is 0 Å². The first kappa shape index (κ1) is 11.4. The Morgan fingerprint density at radius 1 is 1.20 bits per heavy atom. The fourth-order valence-electron chi connectivity index (χ4n) is 3.53. The van der Waals surface area contributed by atoms with Crippen molar-refractivity contribution in [3.8, 4) is 0 Å². The molecular formula is C13H26N2. The Morgan fingerprint density at radius 2 is 2.07 bits per heavy atom. The second-order valence-electron chi connectivity index (χ2n) is 5.29. The molecule has 0 aromatic rings. The van der Waals surface area contributed by atoms with Crippen molar-refractivity contribution in [3.63, 3.8) is 0 Å². The summed E-state index contributed by atoms with van der Waals surface area (Å²) in [7, 11) is 2.13. The Bertz CT molecular complexity index is 173. The van der Waals surface area contributed by atoms with Crippen molar-refractivity contribution in [3.05, 3.63) is 0 Å². The number of likely N-dealkylation sites (tertiary alicyclic amines) is 1. The molecule has 15 heavy (non-hydrogen) atoms. The Morgan fingerprint density at radius 3 is 2.80 bits per heavy atom. The zero-order valence-electron chi connectivity index (χ0n) is 10.3. The van der Waals surface area contributed by atoms with Crippen LogP contribution in [0.5, 0.6) is 0 Å². The normalized spacial score (nSPS) is 37.6. The number of nitrogens with one attached hydrogen (secondary N) is 1. The van der Waals surface area contributed by atoms with Gasteiger partial charge in [-0.25, -0.2) is 0 Å². The highest BCUT2D eigenvalue weighted by Crippen LogP contribution is 2.29. The Kier molecular flexibility index (Phi) is 4.04. The first-order chi connectivity index (χ1) is 7.35. The lowest BCUT2D eigenvalue weighted by Gasteiger charge is -2.29. The average Bonchev–Trinajstić information content (AvgIpc) is 2.87. The summed E-state index contributed by atoms with van der Waals surface area (Å²) >= 11 is 0. The van der Waals surface area contributed by atoms with Crippen LogP contribution in [0.15, 0.2) is 0 Å². The highest BCUT2D eigenvalue weighted by Gasteiger charge is 2.31. The van der Waals surface area contributed by atoms with Gasteiger partial charge in [0, 0.05) is 18.6 Å². The molecule has 2 heteroatoms. The van der Waals surface area contributed by atoms with Gasteiger partial charge in [0.05, 0.1) is 0 Å². The highest BCUT2D eigenvalue weighted by atomic mass is 15.2. The highest BCUT2D eigenvalue weighted by molar-refractivity contribution is 4.87. The minimum atomic E-state index is 0.795. The van der Waals surface area contributed by atoms with Gasteiger partial charge >= 0.3 is 0 Å². The van der Waals surface area contributed by atoms with Gasteiger partial charge in [0.25, 0.3) is 0 Å². The van der Waals surface area contributed by atoms with Crippen LogP contribution < -0.4 is 5.32 Å². The molecule has 1 saturated heterocycles. The summed E-state index contributed by atoms with van der Waals surface area (Å²) in [5.41, 5.74) is 0. The summed E-state index contributed by atoms with van der Waals surface area (Å²) in [6.07, 6.45) is 8.48. The quantitative estimate of drug-likeness (QED) is 0.765. The van der Waals surface area contributed by atoms with Crippen molar-refractivity contribution in [1.29, 1.82) is 0 Å². The van der Waals surface area contributed by atoms with Gasteiger partial charge in [0.1, 0.15) is 0 Å². The van der Waals surface area contributed by atoms with Crippen molar-refractivity contribution in [2.24, 2.45) is 5.92 Å². The summed E-state index contributed by atoms with van der Waals surface area (Å²) in [4.78, 5) is 2.75. The molecule has 0 spiro atoms. The van der Waals surface area contributed by atoms with Crippen LogP contribution in [-0.4, -0.2) is 37.1 Å². The van der Waals surface area contributed by atoms with Gasteiger partial charge in [-0.2, -0.15) is 0 Å². The second kappa shape index (κ2) is 5.31. The summed E-state index contributed by atoms with van der Waals surface area (Å²) in [5, 5.41) is 3.49. The maximum atomic E-state index is 3.49. The molecule has 3 atom stereocenters. The number of rotatable bonds is 4. The maximum absolute atomic E-state index is 3.49. The van der Waals surface area contributed by atoms with Crippen LogP contribution in [-0.2, 0) is 0 Å². The third-order valence-corrected chi connectivity index (χ3v) is 4.47. The number of nitrogens with zero attached hydrogens (tertiary/aromatic N) is 1. The van der Waals surface area contributed by atoms with Gasteiger partial charge in [0.15, 0.2) is 0 Å². The zero-order valence-corrected chi connectivity index (χ0v) is 10.3. The molecule has 1 N–H and O–H groups in total. The largest absolute Gasteiger partial charge is 0.317 e. The van der Waals surface area contributed by atoms with E-state index in [0.717, 1.165) is 18.0 Å². The lowest BCUT2D eigenvalue weighted by molar-refractivity contribution is 0.197. The van der Waals surface area contributed by atoms with Gasteiger partial charge < -0.3 is 10.2 Å². The third-order valence-electron chi connectivity index (χ3n) is 4.47. The summed E-state index contributed by atoms with van der Waals surface area (Å²) in [6, 6.07) is 1.69. The summed E-state index contributed by atoms with van der Waals surface area (Å²) in [5.74, 6) is 0.919.